The summed E-state index contributed by atoms with van der Waals surface area (Å²) in [6.45, 7) is 1.01. The molecule has 0 aliphatic heterocycles. The molecule has 0 radical (unpaired) electrons. The van der Waals surface area contributed by atoms with Crippen LogP contribution in [0.1, 0.15) is 12.8 Å². The van der Waals surface area contributed by atoms with Crippen molar-refractivity contribution >= 4 is 23.5 Å². The van der Waals surface area contributed by atoms with Gasteiger partial charge >= 0.3 is 17.6 Å². The van der Waals surface area contributed by atoms with Gasteiger partial charge in [-0.2, -0.15) is 0 Å². The van der Waals surface area contributed by atoms with E-state index in [1.54, 1.807) is 47.6 Å². The van der Waals surface area contributed by atoms with Crippen LogP contribution in [-0.4, -0.2) is 90.8 Å². The molecule has 0 aliphatic rings. The van der Waals surface area contributed by atoms with Crippen LogP contribution in [0.5, 0.6) is 0 Å². The Hall–Kier alpha value is -1.38. The molecule has 0 atom stereocenters. The van der Waals surface area contributed by atoms with Crippen molar-refractivity contribution in [3.8, 4) is 0 Å². The molecule has 158 valence electrons. The van der Waals surface area contributed by atoms with E-state index in [9.17, 15) is 4.79 Å². The minimum Gasteiger partial charge on any atom is -0.548 e. The molecule has 1 amide bonds. The molecule has 12 heteroatoms. The molecule has 0 heterocycles. The van der Waals surface area contributed by atoms with Crippen LogP contribution in [0.25, 0.3) is 0 Å². The number of amides is 1. The van der Waals surface area contributed by atoms with Gasteiger partial charge in [0.15, 0.2) is 0 Å². The van der Waals surface area contributed by atoms with Gasteiger partial charge in [0.05, 0.1) is 6.61 Å². The van der Waals surface area contributed by atoms with E-state index >= 15 is 0 Å². The Morgan fingerprint density at radius 2 is 1.11 bits per heavy atom. The summed E-state index contributed by atoms with van der Waals surface area (Å²) in [5.74, 6) is -0.126. The van der Waals surface area contributed by atoms with Crippen molar-refractivity contribution in [1.82, 2.24) is 4.90 Å². The first-order chi connectivity index (χ1) is 12.4. The van der Waals surface area contributed by atoms with E-state index in [-0.39, 0.29) is 12.5 Å². The molecular formula is C15H34NO8RfSi2-. The van der Waals surface area contributed by atoms with Gasteiger partial charge in [0.25, 0.3) is 0 Å². The van der Waals surface area contributed by atoms with Crippen LogP contribution in [0, 0.1) is 7.11 Å². The summed E-state index contributed by atoms with van der Waals surface area (Å²) in [7, 11) is 7.41. The molecule has 0 aromatic rings. The Labute approximate surface area is 159 Å². The predicted octanol–water partition coefficient (Wildman–Crippen LogP) is 1.16. The van der Waals surface area contributed by atoms with E-state index in [2.05, 4.69) is 7.11 Å². The van der Waals surface area contributed by atoms with Crippen molar-refractivity contribution in [3.05, 3.63) is 7.11 Å². The molecule has 27 heavy (non-hydrogen) atoms. The Morgan fingerprint density at radius 3 is 1.37 bits per heavy atom. The molecule has 0 aromatic heterocycles. The van der Waals surface area contributed by atoms with Gasteiger partial charge < -0.3 is 36.2 Å². The average molecular weight is 680 g/mol. The second kappa shape index (κ2) is 14.7. The third kappa shape index (κ3) is 8.90. The molecule has 0 spiro atoms. The number of hydrogen-bond acceptors (Lipinski definition) is 8. The van der Waals surface area contributed by atoms with E-state index in [4.69, 9.17) is 31.3 Å². The number of ether oxygens (including phenoxy) is 1. The van der Waals surface area contributed by atoms with Gasteiger partial charge in [-0.25, -0.2) is 7.11 Å². The van der Waals surface area contributed by atoms with Crippen LogP contribution in [-0.2, 0) is 36.1 Å². The molecule has 0 N–H and O–H groups in total. The number of rotatable bonds is 16. The molecule has 0 aliphatic carbocycles. The summed E-state index contributed by atoms with van der Waals surface area (Å²) in [4.78, 5) is 14.0. The zero-order chi connectivity index (χ0) is 20.1. The minimum absolute atomic E-state index is 0. The maximum absolute atomic E-state index is 12.3. The molecule has 0 rings (SSSR count). The zero-order valence-corrected chi connectivity index (χ0v) is 26.0. The van der Waals surface area contributed by atoms with Crippen LogP contribution in [0.2, 0.25) is 12.1 Å². The quantitative estimate of drug-likeness (QED) is 0.178. The van der Waals surface area contributed by atoms with Crippen molar-refractivity contribution in [1.29, 1.82) is 0 Å². The van der Waals surface area contributed by atoms with E-state index in [1.807, 2.05) is 0 Å². The fraction of sp³-hybridized carbons (Fsp3) is 0.867. The fourth-order valence-corrected chi connectivity index (χ4v) is 6.03. The molecule has 0 unspecified atom stereocenters. The Balaban J connectivity index is 0. The van der Waals surface area contributed by atoms with Crippen molar-refractivity contribution < 1.29 is 36.1 Å². The standard InChI is InChI=1S/C15H34NO8Si2.Rf/c1-18-14-15(17)16(10-8-12-25(19-2,20-3)21-4)11-9-13-26(22-5,23-6)24-7;/h1,8-14H2,2-7H3;/q-1;. The zero-order valence-electron chi connectivity index (χ0n) is 17.6. The SMILES string of the molecule is [CH2-]OCC(=O)N(CCC[Si](OC)(OC)OC)CCC[Si](OC)(OC)OC.[Rf]. The van der Waals surface area contributed by atoms with Crippen LogP contribution < -0.4 is 0 Å². The first-order valence-electron chi connectivity index (χ1n) is 8.37. The first-order valence-corrected chi connectivity index (χ1v) is 12.2. The Morgan fingerprint density at radius 1 is 0.778 bits per heavy atom. The summed E-state index contributed by atoms with van der Waals surface area (Å²) in [5, 5.41) is 0. The van der Waals surface area contributed by atoms with Crippen molar-refractivity contribution in [2.24, 2.45) is 0 Å². The van der Waals surface area contributed by atoms with Gasteiger partial charge in [-0.05, 0) is 12.8 Å². The topological polar surface area (TPSA) is 84.9 Å². The summed E-state index contributed by atoms with van der Waals surface area (Å²) >= 11 is 0. The first kappa shape index (κ1) is 27.8. The van der Waals surface area contributed by atoms with Crippen molar-refractivity contribution in [2.45, 2.75) is 24.9 Å². The number of hydrogen-bond donors (Lipinski definition) is 0. The molecule has 0 saturated carbocycles. The van der Waals surface area contributed by atoms with Gasteiger partial charge in [0, 0.05) is 67.8 Å². The normalized spacial score (nSPS) is 12.0. The second-order valence-corrected chi connectivity index (χ2v) is 11.7. The van der Waals surface area contributed by atoms with Gasteiger partial charge in [-0.3, -0.25) is 4.79 Å². The van der Waals surface area contributed by atoms with Crippen molar-refractivity contribution in [2.75, 3.05) is 62.4 Å². The van der Waals surface area contributed by atoms with E-state index in [0.29, 0.717) is 38.0 Å². The fourth-order valence-electron chi connectivity index (χ4n) is 2.63. The third-order valence-corrected chi connectivity index (χ3v) is 9.93. The summed E-state index contributed by atoms with van der Waals surface area (Å²) in [5.41, 5.74) is 0. The van der Waals surface area contributed by atoms with Crippen LogP contribution in [0.15, 0.2) is 0 Å². The van der Waals surface area contributed by atoms with E-state index < -0.39 is 17.6 Å². The Bertz CT molecular complexity index is 344. The summed E-state index contributed by atoms with van der Waals surface area (Å²) < 4.78 is 37.2. The molecule has 0 fully saturated rings. The maximum atomic E-state index is 12.3. The van der Waals surface area contributed by atoms with Gasteiger partial charge in [0.2, 0.25) is 5.91 Å². The average Bonchev–Trinajstić information content (AvgIpc) is 2.68. The van der Waals surface area contributed by atoms with Gasteiger partial charge in [-0.1, -0.05) is 0 Å². The number of nitrogens with zero attached hydrogens (tertiary/aromatic N) is 1. The van der Waals surface area contributed by atoms with Crippen LogP contribution >= 0.6 is 0 Å². The minimum atomic E-state index is -2.65. The molecule has 0 bridgehead atoms. The van der Waals surface area contributed by atoms with Gasteiger partial charge in [-0.15, -0.1) is 0 Å². The van der Waals surface area contributed by atoms with E-state index in [1.165, 1.54) is 0 Å². The predicted molar refractivity (Wildman–Crippen MR) is 100 cm³/mol. The second-order valence-electron chi connectivity index (χ2n) is 5.53. The van der Waals surface area contributed by atoms with Gasteiger partial charge in [0.1, 0.15) is 0 Å². The Kier molecular flexibility index (Phi) is 15.1. The summed E-state index contributed by atoms with van der Waals surface area (Å²) in [6.07, 6.45) is 1.37. The van der Waals surface area contributed by atoms with Crippen LogP contribution in [0.3, 0.4) is 0 Å². The largest absolute Gasteiger partial charge is 0.548 e. The maximum Gasteiger partial charge on any atom is 0.500 e. The van der Waals surface area contributed by atoms with E-state index in [0.717, 1.165) is 0 Å². The molecule has 0 saturated heterocycles. The third-order valence-electron chi connectivity index (χ3n) is 4.27. The van der Waals surface area contributed by atoms with Crippen molar-refractivity contribution in [3.63, 3.8) is 0 Å². The number of carbonyl (C=O) groups is 1. The molecule has 9 nitrogen and oxygen atoms in total. The number of carbonyl (C=O) groups excluding carboxylic acids is 1. The monoisotopic (exact) mass is 679 g/mol. The molecular weight excluding hydrogens is 645 g/mol. The van der Waals surface area contributed by atoms with Crippen LogP contribution in [0.4, 0.5) is 0 Å². The molecule has 0 aromatic carbocycles. The summed E-state index contributed by atoms with van der Waals surface area (Å²) in [6, 6.07) is 1.22. The smallest absolute Gasteiger partial charge is 0.500 e.